The van der Waals surface area contributed by atoms with Crippen LogP contribution in [0.5, 0.6) is 0 Å². The zero-order chi connectivity index (χ0) is 21.0. The van der Waals surface area contributed by atoms with E-state index in [4.69, 9.17) is 19.8 Å². The lowest BCUT2D eigenvalue weighted by molar-refractivity contribution is -0.125. The number of likely N-dealkylation sites (tertiary alicyclic amines) is 2. The number of unbranched alkanes of at least 4 members (excludes halogenated alkanes) is 1. The Morgan fingerprint density at radius 1 is 1.00 bits per heavy atom. The number of carbonyl (C=O) groups excluding carboxylic acids is 1. The van der Waals surface area contributed by atoms with Crippen molar-refractivity contribution in [2.45, 2.75) is 57.4 Å². The molecule has 2 saturated heterocycles. The summed E-state index contributed by atoms with van der Waals surface area (Å²) >= 11 is 0. The van der Waals surface area contributed by atoms with Gasteiger partial charge in [-0.3, -0.25) is 19.3 Å². The van der Waals surface area contributed by atoms with Crippen molar-refractivity contribution < 1.29 is 24.6 Å². The normalized spacial score (nSPS) is 19.8. The van der Waals surface area contributed by atoms with Crippen LogP contribution < -0.4 is 5.32 Å². The maximum atomic E-state index is 12.2. The van der Waals surface area contributed by atoms with Crippen LogP contribution in [0.3, 0.4) is 0 Å². The molecule has 0 aromatic rings. The molecule has 2 aliphatic rings. The lowest BCUT2D eigenvalue weighted by Gasteiger charge is -2.22. The largest absolute Gasteiger partial charge is 0.483 e. The third kappa shape index (κ3) is 12.5. The Balaban J connectivity index is 0.00000108. The highest BCUT2D eigenvalue weighted by Gasteiger charge is 2.29. The summed E-state index contributed by atoms with van der Waals surface area (Å²) in [6.45, 7) is 9.69. The lowest BCUT2D eigenvalue weighted by atomic mass is 10.2. The van der Waals surface area contributed by atoms with Gasteiger partial charge in [-0.05, 0) is 64.7 Å². The van der Waals surface area contributed by atoms with Crippen molar-refractivity contribution in [1.82, 2.24) is 15.1 Å². The Labute approximate surface area is 168 Å². The molecule has 0 saturated carbocycles. The van der Waals surface area contributed by atoms with Gasteiger partial charge in [0.1, 0.15) is 0 Å². The van der Waals surface area contributed by atoms with Gasteiger partial charge in [0.25, 0.3) is 12.9 Å². The van der Waals surface area contributed by atoms with Gasteiger partial charge in [0.05, 0.1) is 6.04 Å². The van der Waals surface area contributed by atoms with E-state index in [9.17, 15) is 4.79 Å². The molecule has 0 unspecified atom stereocenters. The standard InChI is InChI=1S/C18H33N3O.2CH2O2/c1-2-12-21-16-9-10-17(21)18(22)19-11-5-8-15-20-13-6-3-4-7-14-20;2*2-1-3/h2,17H,1,3-16H2,(H,19,22);2*1H,(H,2,3)/t17-;;/m0../s1. The van der Waals surface area contributed by atoms with Crippen LogP contribution in [0, 0.1) is 0 Å². The van der Waals surface area contributed by atoms with Gasteiger partial charge < -0.3 is 20.4 Å². The van der Waals surface area contributed by atoms with Gasteiger partial charge in [-0.25, -0.2) is 0 Å². The summed E-state index contributed by atoms with van der Waals surface area (Å²) < 4.78 is 0. The first-order valence-corrected chi connectivity index (χ1v) is 10.1. The second kappa shape index (κ2) is 18.4. The highest BCUT2D eigenvalue weighted by Crippen LogP contribution is 2.16. The molecule has 0 radical (unpaired) electrons. The van der Waals surface area contributed by atoms with Crippen LogP contribution in [-0.4, -0.2) is 84.2 Å². The molecule has 2 fully saturated rings. The molecular weight excluding hydrogens is 362 g/mol. The molecule has 0 aliphatic carbocycles. The molecule has 3 N–H and O–H groups in total. The Morgan fingerprint density at radius 3 is 2.18 bits per heavy atom. The fourth-order valence-electron chi connectivity index (χ4n) is 3.66. The fraction of sp³-hybridized carbons (Fsp3) is 0.750. The Bertz CT molecular complexity index is 420. The summed E-state index contributed by atoms with van der Waals surface area (Å²) in [6.07, 6.45) is 11.8. The number of nitrogens with zero attached hydrogens (tertiary/aromatic N) is 2. The molecule has 8 nitrogen and oxygen atoms in total. The van der Waals surface area contributed by atoms with Crippen molar-refractivity contribution in [1.29, 1.82) is 0 Å². The van der Waals surface area contributed by atoms with Gasteiger partial charge in [-0.15, -0.1) is 6.58 Å². The quantitative estimate of drug-likeness (QED) is 0.324. The predicted octanol–water partition coefficient (Wildman–Crippen LogP) is 1.81. The fourth-order valence-corrected chi connectivity index (χ4v) is 3.66. The first-order chi connectivity index (χ1) is 13.6. The number of hydrogen-bond acceptors (Lipinski definition) is 5. The van der Waals surface area contributed by atoms with Crippen LogP contribution in [-0.2, 0) is 14.4 Å². The van der Waals surface area contributed by atoms with E-state index >= 15 is 0 Å². The molecule has 162 valence electrons. The number of rotatable bonds is 8. The summed E-state index contributed by atoms with van der Waals surface area (Å²) in [5, 5.41) is 16.9. The van der Waals surface area contributed by atoms with Crippen molar-refractivity contribution >= 4 is 18.9 Å². The Morgan fingerprint density at radius 2 is 1.61 bits per heavy atom. The number of carbonyl (C=O) groups is 3. The number of nitrogens with one attached hydrogen (secondary N) is 1. The minimum atomic E-state index is -0.250. The molecule has 0 aromatic carbocycles. The SMILES string of the molecule is C=CCN1CCC[C@H]1C(=O)NCCCCN1CCCCCC1.O=CO.O=CO. The van der Waals surface area contributed by atoms with E-state index in [1.165, 1.54) is 51.7 Å². The molecule has 2 heterocycles. The molecule has 1 atom stereocenters. The average Bonchev–Trinajstić information content (AvgIpc) is 2.97. The highest BCUT2D eigenvalue weighted by molar-refractivity contribution is 5.82. The first kappa shape index (κ1) is 26.1. The summed E-state index contributed by atoms with van der Waals surface area (Å²) in [4.78, 5) is 33.8. The van der Waals surface area contributed by atoms with Crippen molar-refractivity contribution in [2.75, 3.05) is 39.3 Å². The molecule has 0 aromatic heterocycles. The summed E-state index contributed by atoms with van der Waals surface area (Å²) in [7, 11) is 0. The van der Waals surface area contributed by atoms with Crippen molar-refractivity contribution in [2.24, 2.45) is 0 Å². The van der Waals surface area contributed by atoms with Crippen LogP contribution in [0.15, 0.2) is 12.7 Å². The predicted molar refractivity (Wildman–Crippen MR) is 109 cm³/mol. The third-order valence-electron chi connectivity index (χ3n) is 4.93. The smallest absolute Gasteiger partial charge is 0.290 e. The van der Waals surface area contributed by atoms with E-state index in [1.54, 1.807) is 0 Å². The maximum Gasteiger partial charge on any atom is 0.290 e. The Hall–Kier alpha value is -1.93. The topological polar surface area (TPSA) is 110 Å². The molecule has 1 amide bonds. The summed E-state index contributed by atoms with van der Waals surface area (Å²) in [5.41, 5.74) is 0. The van der Waals surface area contributed by atoms with E-state index in [1.807, 2.05) is 6.08 Å². The molecule has 8 heteroatoms. The minimum absolute atomic E-state index is 0.0728. The number of hydrogen-bond donors (Lipinski definition) is 3. The maximum absolute atomic E-state index is 12.2. The average molecular weight is 400 g/mol. The van der Waals surface area contributed by atoms with Crippen LogP contribution in [0.4, 0.5) is 0 Å². The van der Waals surface area contributed by atoms with E-state index in [-0.39, 0.29) is 24.9 Å². The molecular formula is C20H37N3O5. The van der Waals surface area contributed by atoms with Crippen molar-refractivity contribution in [3.63, 3.8) is 0 Å². The molecule has 28 heavy (non-hydrogen) atoms. The van der Waals surface area contributed by atoms with Gasteiger partial charge in [0.15, 0.2) is 0 Å². The van der Waals surface area contributed by atoms with Gasteiger partial charge in [0, 0.05) is 13.1 Å². The second-order valence-corrected chi connectivity index (χ2v) is 6.91. The van der Waals surface area contributed by atoms with Gasteiger partial charge in [0.2, 0.25) is 5.91 Å². The number of amides is 1. The second-order valence-electron chi connectivity index (χ2n) is 6.91. The van der Waals surface area contributed by atoms with E-state index in [0.29, 0.717) is 0 Å². The number of carboxylic acid groups (broad SMARTS) is 2. The minimum Gasteiger partial charge on any atom is -0.483 e. The van der Waals surface area contributed by atoms with Gasteiger partial charge in [-0.2, -0.15) is 0 Å². The monoisotopic (exact) mass is 399 g/mol. The Kier molecular flexibility index (Phi) is 17.2. The zero-order valence-electron chi connectivity index (χ0n) is 16.9. The molecule has 2 aliphatic heterocycles. The lowest BCUT2D eigenvalue weighted by Crippen LogP contribution is -2.43. The van der Waals surface area contributed by atoms with Gasteiger partial charge in [-0.1, -0.05) is 18.9 Å². The van der Waals surface area contributed by atoms with E-state index < -0.39 is 0 Å². The summed E-state index contributed by atoms with van der Waals surface area (Å²) in [5.74, 6) is 0.217. The zero-order valence-corrected chi connectivity index (χ0v) is 16.9. The van der Waals surface area contributed by atoms with Gasteiger partial charge >= 0.3 is 0 Å². The molecule has 0 bridgehead atoms. The molecule has 2 rings (SSSR count). The first-order valence-electron chi connectivity index (χ1n) is 10.1. The highest BCUT2D eigenvalue weighted by atomic mass is 16.3. The van der Waals surface area contributed by atoms with E-state index in [2.05, 4.69) is 21.7 Å². The molecule has 0 spiro atoms. The van der Waals surface area contributed by atoms with E-state index in [0.717, 1.165) is 38.9 Å². The van der Waals surface area contributed by atoms with Crippen LogP contribution in [0.2, 0.25) is 0 Å². The van der Waals surface area contributed by atoms with Crippen LogP contribution in [0.1, 0.15) is 51.4 Å². The van der Waals surface area contributed by atoms with Crippen molar-refractivity contribution in [3.05, 3.63) is 12.7 Å². The summed E-state index contributed by atoms with van der Waals surface area (Å²) in [6, 6.07) is 0.0728. The van der Waals surface area contributed by atoms with Crippen molar-refractivity contribution in [3.8, 4) is 0 Å². The van der Waals surface area contributed by atoms with Crippen LogP contribution >= 0.6 is 0 Å². The van der Waals surface area contributed by atoms with Crippen LogP contribution in [0.25, 0.3) is 0 Å². The third-order valence-corrected chi connectivity index (χ3v) is 4.93.